The van der Waals surface area contributed by atoms with Gasteiger partial charge in [0, 0.05) is 19.1 Å². The largest absolute Gasteiger partial charge is 0.459 e. The third-order valence-electron chi connectivity index (χ3n) is 6.09. The maximum absolute atomic E-state index is 14.1. The van der Waals surface area contributed by atoms with Gasteiger partial charge >= 0.3 is 5.97 Å². The van der Waals surface area contributed by atoms with Crippen molar-refractivity contribution in [2.24, 2.45) is 0 Å². The third kappa shape index (κ3) is 7.19. The number of carbonyl (C=O) groups excluding carboxylic acids is 1. The number of aryl methyl sites for hydroxylation is 1. The molecule has 36 heavy (non-hydrogen) atoms. The van der Waals surface area contributed by atoms with Crippen molar-refractivity contribution in [2.45, 2.75) is 58.8 Å². The van der Waals surface area contributed by atoms with Crippen LogP contribution >= 0.6 is 23.2 Å². The van der Waals surface area contributed by atoms with E-state index in [0.717, 1.165) is 5.56 Å². The lowest BCUT2D eigenvalue weighted by Gasteiger charge is -2.27. The SMILES string of the molecule is CC(C)OC(=O)c1ccc(CCn2c(CN(C)C(C)Cc3ccccc3F)c(Cl)cc(Cl)c2=O)cc1. The molecule has 192 valence electrons. The molecule has 1 unspecified atom stereocenters. The Kier molecular flexibility index (Phi) is 9.71. The number of likely N-dealkylation sites (N-methyl/N-ethyl adjacent to an activating group) is 1. The van der Waals surface area contributed by atoms with Crippen molar-refractivity contribution in [1.29, 1.82) is 0 Å². The van der Waals surface area contributed by atoms with Gasteiger partial charge in [0.1, 0.15) is 10.8 Å². The number of hydrogen-bond donors (Lipinski definition) is 0. The van der Waals surface area contributed by atoms with Crippen LogP contribution in [0.25, 0.3) is 0 Å². The van der Waals surface area contributed by atoms with Gasteiger partial charge in [-0.2, -0.15) is 0 Å². The molecule has 0 bridgehead atoms. The summed E-state index contributed by atoms with van der Waals surface area (Å²) in [6.45, 7) is 6.36. The van der Waals surface area contributed by atoms with E-state index in [9.17, 15) is 14.0 Å². The normalized spacial score (nSPS) is 12.2. The summed E-state index contributed by atoms with van der Waals surface area (Å²) in [7, 11) is 1.92. The molecule has 0 spiro atoms. The van der Waals surface area contributed by atoms with Gasteiger partial charge in [0.15, 0.2) is 0 Å². The van der Waals surface area contributed by atoms with Crippen LogP contribution in [-0.2, 0) is 30.7 Å². The van der Waals surface area contributed by atoms with Crippen LogP contribution in [0.15, 0.2) is 59.4 Å². The zero-order valence-electron chi connectivity index (χ0n) is 20.9. The van der Waals surface area contributed by atoms with E-state index in [1.807, 2.05) is 37.1 Å². The number of ether oxygens (including phenoxy) is 1. The monoisotopic (exact) mass is 532 g/mol. The number of benzene rings is 2. The Balaban J connectivity index is 1.76. The van der Waals surface area contributed by atoms with Crippen LogP contribution in [0, 0.1) is 5.82 Å². The Hall–Kier alpha value is -2.67. The summed E-state index contributed by atoms with van der Waals surface area (Å²) in [5.74, 6) is -0.605. The molecule has 1 aromatic heterocycles. The number of aromatic nitrogens is 1. The summed E-state index contributed by atoms with van der Waals surface area (Å²) in [5, 5.41) is 0.453. The lowest BCUT2D eigenvalue weighted by atomic mass is 10.1. The van der Waals surface area contributed by atoms with Crippen LogP contribution in [0.1, 0.15) is 48.0 Å². The minimum Gasteiger partial charge on any atom is -0.459 e. The predicted molar refractivity (Wildman–Crippen MR) is 142 cm³/mol. The first-order valence-electron chi connectivity index (χ1n) is 11.9. The summed E-state index contributed by atoms with van der Waals surface area (Å²) in [5.41, 5.74) is 2.39. The zero-order valence-corrected chi connectivity index (χ0v) is 22.4. The standard InChI is InChI=1S/C28H31Cl2FN2O3/c1-18(2)36-28(35)21-11-9-20(10-12-21)13-14-33-26(23(29)16-24(30)27(33)34)17-32(4)19(3)15-22-7-5-6-8-25(22)31/h5-12,16,18-19H,13-15,17H2,1-4H3. The highest BCUT2D eigenvalue weighted by Crippen LogP contribution is 2.22. The van der Waals surface area contributed by atoms with Crippen molar-refractivity contribution in [2.75, 3.05) is 7.05 Å². The van der Waals surface area contributed by atoms with E-state index in [4.69, 9.17) is 27.9 Å². The Morgan fingerprint density at radius 2 is 1.72 bits per heavy atom. The number of rotatable bonds is 10. The van der Waals surface area contributed by atoms with Crippen LogP contribution < -0.4 is 5.56 Å². The van der Waals surface area contributed by atoms with Crippen molar-refractivity contribution in [1.82, 2.24) is 9.47 Å². The number of carbonyl (C=O) groups is 1. The molecule has 0 N–H and O–H groups in total. The van der Waals surface area contributed by atoms with E-state index in [1.54, 1.807) is 42.7 Å². The average molecular weight is 533 g/mol. The second kappa shape index (κ2) is 12.5. The van der Waals surface area contributed by atoms with E-state index in [2.05, 4.69) is 0 Å². The highest BCUT2D eigenvalue weighted by Gasteiger charge is 2.19. The van der Waals surface area contributed by atoms with Crippen molar-refractivity contribution in [3.05, 3.63) is 103 Å². The molecule has 0 saturated carbocycles. The third-order valence-corrected chi connectivity index (χ3v) is 6.68. The van der Waals surface area contributed by atoms with Gasteiger partial charge in [0.25, 0.3) is 5.56 Å². The topological polar surface area (TPSA) is 51.5 Å². The molecule has 3 rings (SSSR count). The van der Waals surface area contributed by atoms with Crippen LogP contribution in [-0.4, -0.2) is 34.6 Å². The van der Waals surface area contributed by atoms with Gasteiger partial charge in [-0.3, -0.25) is 9.69 Å². The number of hydrogen-bond acceptors (Lipinski definition) is 4. The number of esters is 1. The van der Waals surface area contributed by atoms with Crippen LogP contribution in [0.5, 0.6) is 0 Å². The first-order chi connectivity index (χ1) is 17.1. The van der Waals surface area contributed by atoms with E-state index < -0.39 is 0 Å². The smallest absolute Gasteiger partial charge is 0.338 e. The molecule has 5 nitrogen and oxygen atoms in total. The molecular formula is C28H31Cl2FN2O3. The van der Waals surface area contributed by atoms with E-state index in [1.165, 1.54) is 12.1 Å². The second-order valence-electron chi connectivity index (χ2n) is 9.20. The van der Waals surface area contributed by atoms with E-state index in [0.29, 0.717) is 47.8 Å². The number of pyridine rings is 1. The van der Waals surface area contributed by atoms with Crippen LogP contribution in [0.3, 0.4) is 0 Å². The number of halogens is 3. The Morgan fingerprint density at radius 3 is 2.36 bits per heavy atom. The molecule has 0 fully saturated rings. The summed E-state index contributed by atoms with van der Waals surface area (Å²) in [4.78, 5) is 27.1. The lowest BCUT2D eigenvalue weighted by Crippen LogP contribution is -2.34. The molecule has 8 heteroatoms. The van der Waals surface area contributed by atoms with Gasteiger partial charge in [-0.1, -0.05) is 53.5 Å². The molecule has 3 aromatic rings. The van der Waals surface area contributed by atoms with Crippen molar-refractivity contribution < 1.29 is 13.9 Å². The molecule has 0 aliphatic heterocycles. The fourth-order valence-corrected chi connectivity index (χ4v) is 4.43. The predicted octanol–water partition coefficient (Wildman–Crippen LogP) is 6.17. The van der Waals surface area contributed by atoms with E-state index in [-0.39, 0.29) is 34.5 Å². The van der Waals surface area contributed by atoms with Crippen molar-refractivity contribution >= 4 is 29.2 Å². The minimum absolute atomic E-state index is 0.00432. The molecule has 0 radical (unpaired) electrons. The fraction of sp³-hybridized carbons (Fsp3) is 0.357. The van der Waals surface area contributed by atoms with Gasteiger partial charge < -0.3 is 9.30 Å². The summed E-state index contributed by atoms with van der Waals surface area (Å²) >= 11 is 12.7. The lowest BCUT2D eigenvalue weighted by molar-refractivity contribution is 0.0378. The van der Waals surface area contributed by atoms with Gasteiger partial charge in [-0.05, 0) is 76.1 Å². The molecule has 1 atom stereocenters. The number of nitrogens with zero attached hydrogens (tertiary/aromatic N) is 2. The highest BCUT2D eigenvalue weighted by atomic mass is 35.5. The second-order valence-corrected chi connectivity index (χ2v) is 10.0. The molecule has 0 amide bonds. The quantitative estimate of drug-likeness (QED) is 0.293. The molecule has 0 aliphatic carbocycles. The van der Waals surface area contributed by atoms with Crippen LogP contribution in [0.4, 0.5) is 4.39 Å². The van der Waals surface area contributed by atoms with Crippen LogP contribution in [0.2, 0.25) is 10.0 Å². The van der Waals surface area contributed by atoms with Crippen molar-refractivity contribution in [3.8, 4) is 0 Å². The van der Waals surface area contributed by atoms with Gasteiger partial charge in [0.05, 0.1) is 22.4 Å². The molecule has 0 aliphatic rings. The fourth-order valence-electron chi connectivity index (χ4n) is 3.89. The maximum Gasteiger partial charge on any atom is 0.338 e. The van der Waals surface area contributed by atoms with Gasteiger partial charge in [0.2, 0.25) is 0 Å². The molecule has 1 heterocycles. The molecule has 0 saturated heterocycles. The Morgan fingerprint density at radius 1 is 1.06 bits per heavy atom. The average Bonchev–Trinajstić information content (AvgIpc) is 2.83. The molecule has 2 aromatic carbocycles. The van der Waals surface area contributed by atoms with E-state index >= 15 is 0 Å². The first kappa shape index (κ1) is 27.9. The zero-order chi connectivity index (χ0) is 26.4. The Bertz CT molecular complexity index is 1260. The summed E-state index contributed by atoms with van der Waals surface area (Å²) in [6.07, 6.45) is 0.865. The Labute approximate surface area is 221 Å². The summed E-state index contributed by atoms with van der Waals surface area (Å²) < 4.78 is 20.9. The summed E-state index contributed by atoms with van der Waals surface area (Å²) in [6, 6.07) is 15.3. The minimum atomic E-state index is -0.371. The van der Waals surface area contributed by atoms with Gasteiger partial charge in [-0.15, -0.1) is 0 Å². The maximum atomic E-state index is 14.1. The van der Waals surface area contributed by atoms with Crippen molar-refractivity contribution in [3.63, 3.8) is 0 Å². The molecular weight excluding hydrogens is 502 g/mol. The first-order valence-corrected chi connectivity index (χ1v) is 12.6. The van der Waals surface area contributed by atoms with Gasteiger partial charge in [-0.25, -0.2) is 9.18 Å². The highest BCUT2D eigenvalue weighted by molar-refractivity contribution is 6.34.